The lowest BCUT2D eigenvalue weighted by molar-refractivity contribution is 0.279. The van der Waals surface area contributed by atoms with Crippen LogP contribution in [-0.2, 0) is 6.54 Å². The molecule has 0 aromatic heterocycles. The van der Waals surface area contributed by atoms with Gasteiger partial charge >= 0.3 is 0 Å². The molecular formula is C15H21N3O. The Morgan fingerprint density at radius 1 is 1.47 bits per heavy atom. The highest BCUT2D eigenvalue weighted by atomic mass is 16.2. The van der Waals surface area contributed by atoms with Crippen LogP contribution in [0.2, 0.25) is 0 Å². The molecule has 2 rings (SSSR count). The zero-order valence-electron chi connectivity index (χ0n) is 11.2. The molecule has 0 aliphatic carbocycles. The van der Waals surface area contributed by atoms with Crippen molar-refractivity contribution in [1.29, 1.82) is 5.26 Å². The number of benzene rings is 1. The van der Waals surface area contributed by atoms with Gasteiger partial charge in [-0.2, -0.15) is 5.26 Å². The van der Waals surface area contributed by atoms with E-state index in [9.17, 15) is 5.26 Å². The molecule has 1 heterocycles. The lowest BCUT2D eigenvalue weighted by Gasteiger charge is -2.27. The summed E-state index contributed by atoms with van der Waals surface area (Å²) in [6.45, 7) is 1.69. The van der Waals surface area contributed by atoms with E-state index >= 15 is 0 Å². The van der Waals surface area contributed by atoms with Gasteiger partial charge in [-0.25, -0.2) is 0 Å². The van der Waals surface area contributed by atoms with Crippen molar-refractivity contribution in [3.8, 4) is 6.07 Å². The van der Waals surface area contributed by atoms with Gasteiger partial charge in [-0.05, 0) is 43.4 Å². The first-order valence-electron chi connectivity index (χ1n) is 6.90. The Bertz CT molecular complexity index is 467. The van der Waals surface area contributed by atoms with Gasteiger partial charge in [0.25, 0.3) is 0 Å². The summed E-state index contributed by atoms with van der Waals surface area (Å²) in [5, 5.41) is 18.3. The third-order valence-electron chi connectivity index (χ3n) is 3.80. The zero-order valence-corrected chi connectivity index (χ0v) is 11.2. The number of hydrogen-bond acceptors (Lipinski definition) is 4. The number of rotatable bonds is 5. The Labute approximate surface area is 114 Å². The second kappa shape index (κ2) is 6.55. The SMILES string of the molecule is N#Cc1cc(CN)ccc1N1CCCC1CCCO. The summed E-state index contributed by atoms with van der Waals surface area (Å²) in [4.78, 5) is 2.31. The summed E-state index contributed by atoms with van der Waals surface area (Å²) in [7, 11) is 0. The Morgan fingerprint density at radius 3 is 3.00 bits per heavy atom. The summed E-state index contributed by atoms with van der Waals surface area (Å²) < 4.78 is 0. The van der Waals surface area contributed by atoms with Crippen LogP contribution in [0.15, 0.2) is 18.2 Å². The average molecular weight is 259 g/mol. The maximum atomic E-state index is 9.30. The fourth-order valence-corrected chi connectivity index (χ4v) is 2.83. The number of anilines is 1. The van der Waals surface area contributed by atoms with Gasteiger partial charge in [-0.1, -0.05) is 6.07 Å². The van der Waals surface area contributed by atoms with Crippen LogP contribution in [0.4, 0.5) is 5.69 Å². The third kappa shape index (κ3) is 3.06. The van der Waals surface area contributed by atoms with Crippen molar-refractivity contribution in [2.75, 3.05) is 18.1 Å². The molecule has 4 nitrogen and oxygen atoms in total. The van der Waals surface area contributed by atoms with Gasteiger partial charge in [0.15, 0.2) is 0 Å². The second-order valence-corrected chi connectivity index (χ2v) is 5.02. The van der Waals surface area contributed by atoms with E-state index in [4.69, 9.17) is 10.8 Å². The van der Waals surface area contributed by atoms with Crippen molar-refractivity contribution >= 4 is 5.69 Å². The van der Waals surface area contributed by atoms with Gasteiger partial charge in [0, 0.05) is 25.7 Å². The van der Waals surface area contributed by atoms with Gasteiger partial charge < -0.3 is 15.7 Å². The lowest BCUT2D eigenvalue weighted by Crippen LogP contribution is -2.30. The number of nitriles is 1. The number of aliphatic hydroxyl groups excluding tert-OH is 1. The fourth-order valence-electron chi connectivity index (χ4n) is 2.83. The molecule has 0 spiro atoms. The third-order valence-corrected chi connectivity index (χ3v) is 3.80. The minimum Gasteiger partial charge on any atom is -0.396 e. The number of nitrogens with two attached hydrogens (primary N) is 1. The Kier molecular flexibility index (Phi) is 4.78. The van der Waals surface area contributed by atoms with Gasteiger partial charge in [0.2, 0.25) is 0 Å². The zero-order chi connectivity index (χ0) is 13.7. The summed E-state index contributed by atoms with van der Waals surface area (Å²) in [6, 6.07) is 8.62. The van der Waals surface area contributed by atoms with Crippen LogP contribution in [0.25, 0.3) is 0 Å². The first-order chi connectivity index (χ1) is 9.30. The lowest BCUT2D eigenvalue weighted by atomic mass is 10.1. The summed E-state index contributed by atoms with van der Waals surface area (Å²) in [5.41, 5.74) is 8.33. The minimum absolute atomic E-state index is 0.238. The number of hydrogen-bond donors (Lipinski definition) is 2. The normalized spacial score (nSPS) is 18.6. The highest BCUT2D eigenvalue weighted by molar-refractivity contribution is 5.61. The van der Waals surface area contributed by atoms with E-state index in [0.29, 0.717) is 18.2 Å². The van der Waals surface area contributed by atoms with Crippen molar-refractivity contribution < 1.29 is 5.11 Å². The molecule has 1 aromatic rings. The van der Waals surface area contributed by atoms with Crippen molar-refractivity contribution in [3.63, 3.8) is 0 Å². The van der Waals surface area contributed by atoms with Crippen molar-refractivity contribution in [2.24, 2.45) is 5.73 Å². The fraction of sp³-hybridized carbons (Fsp3) is 0.533. The standard InChI is InChI=1S/C15H21N3O/c16-10-12-5-6-15(13(9-12)11-17)18-7-1-3-14(18)4-2-8-19/h5-6,9,14,19H,1-4,7-8,10,16H2. The predicted molar refractivity (Wildman–Crippen MR) is 75.7 cm³/mol. The van der Waals surface area contributed by atoms with Crippen LogP contribution >= 0.6 is 0 Å². The monoisotopic (exact) mass is 259 g/mol. The maximum Gasteiger partial charge on any atom is 0.101 e. The van der Waals surface area contributed by atoms with E-state index in [-0.39, 0.29) is 6.61 Å². The molecule has 0 radical (unpaired) electrons. The van der Waals surface area contributed by atoms with E-state index in [1.807, 2.05) is 18.2 Å². The Hall–Kier alpha value is -1.57. The molecule has 1 aromatic carbocycles. The Morgan fingerprint density at radius 2 is 2.32 bits per heavy atom. The number of nitrogens with zero attached hydrogens (tertiary/aromatic N) is 2. The van der Waals surface area contributed by atoms with E-state index in [1.54, 1.807) is 0 Å². The highest BCUT2D eigenvalue weighted by Crippen LogP contribution is 2.31. The van der Waals surface area contributed by atoms with Crippen LogP contribution in [0, 0.1) is 11.3 Å². The molecule has 1 unspecified atom stereocenters. The molecule has 0 amide bonds. The summed E-state index contributed by atoms with van der Waals surface area (Å²) in [6.07, 6.45) is 4.10. The van der Waals surface area contributed by atoms with Crippen molar-refractivity contribution in [1.82, 2.24) is 0 Å². The van der Waals surface area contributed by atoms with Crippen LogP contribution in [-0.4, -0.2) is 24.3 Å². The largest absolute Gasteiger partial charge is 0.396 e. The van der Waals surface area contributed by atoms with Crippen molar-refractivity contribution in [3.05, 3.63) is 29.3 Å². The smallest absolute Gasteiger partial charge is 0.101 e. The van der Waals surface area contributed by atoms with Crippen LogP contribution < -0.4 is 10.6 Å². The molecule has 1 saturated heterocycles. The highest BCUT2D eigenvalue weighted by Gasteiger charge is 2.25. The average Bonchev–Trinajstić information content (AvgIpc) is 2.92. The van der Waals surface area contributed by atoms with Gasteiger partial charge in [-0.15, -0.1) is 0 Å². The van der Waals surface area contributed by atoms with Crippen LogP contribution in [0.3, 0.4) is 0 Å². The molecule has 1 aliphatic heterocycles. The second-order valence-electron chi connectivity index (χ2n) is 5.02. The topological polar surface area (TPSA) is 73.3 Å². The quantitative estimate of drug-likeness (QED) is 0.845. The molecule has 1 fully saturated rings. The first kappa shape index (κ1) is 13.9. The summed E-state index contributed by atoms with van der Waals surface area (Å²) >= 11 is 0. The molecular weight excluding hydrogens is 238 g/mol. The van der Waals surface area contributed by atoms with Gasteiger partial charge in [0.1, 0.15) is 6.07 Å². The van der Waals surface area contributed by atoms with Crippen LogP contribution in [0.5, 0.6) is 0 Å². The number of aliphatic hydroxyl groups is 1. The molecule has 4 heteroatoms. The van der Waals surface area contributed by atoms with E-state index < -0.39 is 0 Å². The van der Waals surface area contributed by atoms with Gasteiger partial charge in [-0.3, -0.25) is 0 Å². The summed E-state index contributed by atoms with van der Waals surface area (Å²) in [5.74, 6) is 0. The van der Waals surface area contributed by atoms with E-state index in [1.165, 1.54) is 0 Å². The molecule has 0 bridgehead atoms. The van der Waals surface area contributed by atoms with Crippen LogP contribution in [0.1, 0.15) is 36.8 Å². The molecule has 1 atom stereocenters. The Balaban J connectivity index is 2.22. The minimum atomic E-state index is 0.238. The van der Waals surface area contributed by atoms with E-state index in [2.05, 4.69) is 11.0 Å². The van der Waals surface area contributed by atoms with Crippen molar-refractivity contribution in [2.45, 2.75) is 38.3 Å². The first-order valence-corrected chi connectivity index (χ1v) is 6.90. The molecule has 102 valence electrons. The van der Waals surface area contributed by atoms with E-state index in [0.717, 1.165) is 43.5 Å². The molecule has 3 N–H and O–H groups in total. The molecule has 1 aliphatic rings. The maximum absolute atomic E-state index is 9.30. The van der Waals surface area contributed by atoms with Gasteiger partial charge in [0.05, 0.1) is 11.3 Å². The molecule has 0 saturated carbocycles. The molecule has 19 heavy (non-hydrogen) atoms. The predicted octanol–water partition coefficient (Wildman–Crippen LogP) is 1.76.